The molecule has 0 aromatic rings. The van der Waals surface area contributed by atoms with Crippen molar-refractivity contribution in [3.05, 3.63) is 0 Å². The Balaban J connectivity index is 1.92. The minimum absolute atomic E-state index is 0.196. The van der Waals surface area contributed by atoms with Crippen molar-refractivity contribution >= 4 is 5.97 Å². The topological polar surface area (TPSA) is 49.3 Å². The van der Waals surface area contributed by atoms with Crippen molar-refractivity contribution in [2.24, 2.45) is 11.8 Å². The number of hydrogen-bond acceptors (Lipinski definition) is 2. The van der Waals surface area contributed by atoms with E-state index in [-0.39, 0.29) is 5.92 Å². The van der Waals surface area contributed by atoms with Crippen molar-refractivity contribution in [2.75, 3.05) is 6.54 Å². The molecule has 2 atom stereocenters. The van der Waals surface area contributed by atoms with E-state index in [0.29, 0.717) is 6.04 Å². The molecule has 1 saturated carbocycles. The minimum atomic E-state index is -0.672. The van der Waals surface area contributed by atoms with E-state index in [0.717, 1.165) is 31.7 Å². The molecule has 1 aliphatic carbocycles. The summed E-state index contributed by atoms with van der Waals surface area (Å²) in [5.41, 5.74) is 0. The molecule has 1 rings (SSSR count). The molecule has 0 amide bonds. The first-order valence-corrected chi connectivity index (χ1v) is 6.55. The summed E-state index contributed by atoms with van der Waals surface area (Å²) in [4.78, 5) is 10.6. The molecule has 0 radical (unpaired) electrons. The van der Waals surface area contributed by atoms with Crippen molar-refractivity contribution in [3.8, 4) is 0 Å². The summed E-state index contributed by atoms with van der Waals surface area (Å²) < 4.78 is 0. The number of rotatable bonds is 9. The summed E-state index contributed by atoms with van der Waals surface area (Å²) in [6.07, 6.45) is 7.05. The van der Waals surface area contributed by atoms with Gasteiger partial charge in [0.05, 0.1) is 5.92 Å². The lowest BCUT2D eigenvalue weighted by atomic mass is 10.0. The molecule has 0 saturated heterocycles. The summed E-state index contributed by atoms with van der Waals surface area (Å²) in [7, 11) is 0. The normalized spacial score (nSPS) is 19.4. The van der Waals surface area contributed by atoms with Crippen molar-refractivity contribution in [1.29, 1.82) is 0 Å². The Morgan fingerprint density at radius 3 is 2.62 bits per heavy atom. The molecular weight excluding hydrogens is 202 g/mol. The van der Waals surface area contributed by atoms with Crippen LogP contribution >= 0.6 is 0 Å². The summed E-state index contributed by atoms with van der Waals surface area (Å²) >= 11 is 0. The van der Waals surface area contributed by atoms with Crippen LogP contribution in [0.15, 0.2) is 0 Å². The third kappa shape index (κ3) is 6.11. The Bertz CT molecular complexity index is 214. The zero-order chi connectivity index (χ0) is 12.0. The van der Waals surface area contributed by atoms with E-state index >= 15 is 0 Å². The van der Waals surface area contributed by atoms with Crippen LogP contribution in [0.3, 0.4) is 0 Å². The second kappa shape index (κ2) is 6.89. The lowest BCUT2D eigenvalue weighted by Crippen LogP contribution is -2.27. The fourth-order valence-corrected chi connectivity index (χ4v) is 1.90. The van der Waals surface area contributed by atoms with E-state index in [1.165, 1.54) is 19.3 Å². The largest absolute Gasteiger partial charge is 0.481 e. The van der Waals surface area contributed by atoms with Crippen LogP contribution in [0.2, 0.25) is 0 Å². The van der Waals surface area contributed by atoms with Gasteiger partial charge in [-0.05, 0) is 38.6 Å². The molecule has 1 aliphatic rings. The van der Waals surface area contributed by atoms with Gasteiger partial charge < -0.3 is 10.4 Å². The highest BCUT2D eigenvalue weighted by Crippen LogP contribution is 2.31. The van der Waals surface area contributed by atoms with Crippen LogP contribution in [-0.2, 0) is 4.79 Å². The molecule has 0 aromatic heterocycles. The summed E-state index contributed by atoms with van der Waals surface area (Å²) in [5.74, 6) is 0.125. The van der Waals surface area contributed by atoms with Crippen molar-refractivity contribution in [2.45, 2.75) is 58.4 Å². The first kappa shape index (κ1) is 13.5. The highest BCUT2D eigenvalue weighted by atomic mass is 16.4. The standard InChI is InChI=1S/C13H25NO2/c1-10(13(15)16)4-3-5-11(2)14-9-8-12-6-7-12/h10-12,14H,3-9H2,1-2H3,(H,15,16). The first-order chi connectivity index (χ1) is 7.59. The van der Waals surface area contributed by atoms with Crippen LogP contribution < -0.4 is 5.32 Å². The average molecular weight is 227 g/mol. The maximum absolute atomic E-state index is 10.6. The van der Waals surface area contributed by atoms with Crippen molar-refractivity contribution in [3.63, 3.8) is 0 Å². The number of hydrogen-bond donors (Lipinski definition) is 2. The predicted octanol–water partition coefficient (Wildman–Crippen LogP) is 2.66. The van der Waals surface area contributed by atoms with Gasteiger partial charge in [0.1, 0.15) is 0 Å². The van der Waals surface area contributed by atoms with E-state index in [1.807, 2.05) is 0 Å². The average Bonchev–Trinajstić information content (AvgIpc) is 3.01. The second-order valence-corrected chi connectivity index (χ2v) is 5.26. The van der Waals surface area contributed by atoms with E-state index in [2.05, 4.69) is 12.2 Å². The van der Waals surface area contributed by atoms with Gasteiger partial charge in [-0.15, -0.1) is 0 Å². The molecular formula is C13H25NO2. The Morgan fingerprint density at radius 2 is 2.06 bits per heavy atom. The molecule has 2 N–H and O–H groups in total. The molecule has 0 spiro atoms. The SMILES string of the molecule is CC(CCCC(C)C(=O)O)NCCC1CC1. The molecule has 3 heteroatoms. The Morgan fingerprint density at radius 1 is 1.38 bits per heavy atom. The van der Waals surface area contributed by atoms with Gasteiger partial charge in [0.25, 0.3) is 0 Å². The fourth-order valence-electron chi connectivity index (χ4n) is 1.90. The number of carbonyl (C=O) groups is 1. The molecule has 0 aliphatic heterocycles. The third-order valence-electron chi connectivity index (χ3n) is 3.44. The van der Waals surface area contributed by atoms with E-state index in [4.69, 9.17) is 5.11 Å². The zero-order valence-corrected chi connectivity index (χ0v) is 10.5. The molecule has 3 nitrogen and oxygen atoms in total. The van der Waals surface area contributed by atoms with Gasteiger partial charge in [0.2, 0.25) is 0 Å². The Hall–Kier alpha value is -0.570. The quantitative estimate of drug-likeness (QED) is 0.636. The molecule has 0 heterocycles. The van der Waals surface area contributed by atoms with Crippen LogP contribution in [0.25, 0.3) is 0 Å². The van der Waals surface area contributed by atoms with Gasteiger partial charge in [0.15, 0.2) is 0 Å². The Labute approximate surface area is 98.6 Å². The van der Waals surface area contributed by atoms with Crippen LogP contribution in [0.5, 0.6) is 0 Å². The highest BCUT2D eigenvalue weighted by Gasteiger charge is 2.20. The van der Waals surface area contributed by atoms with E-state index < -0.39 is 5.97 Å². The van der Waals surface area contributed by atoms with Crippen LogP contribution in [0.4, 0.5) is 0 Å². The molecule has 0 bridgehead atoms. The van der Waals surface area contributed by atoms with Crippen molar-refractivity contribution < 1.29 is 9.90 Å². The maximum Gasteiger partial charge on any atom is 0.306 e. The smallest absolute Gasteiger partial charge is 0.306 e. The van der Waals surface area contributed by atoms with E-state index in [9.17, 15) is 4.79 Å². The van der Waals surface area contributed by atoms with Crippen LogP contribution in [0, 0.1) is 11.8 Å². The summed E-state index contributed by atoms with van der Waals surface area (Å²) in [6.45, 7) is 5.10. The van der Waals surface area contributed by atoms with Crippen LogP contribution in [-0.4, -0.2) is 23.7 Å². The van der Waals surface area contributed by atoms with Gasteiger partial charge in [-0.3, -0.25) is 4.79 Å². The second-order valence-electron chi connectivity index (χ2n) is 5.26. The summed E-state index contributed by atoms with van der Waals surface area (Å²) in [5, 5.41) is 12.3. The van der Waals surface area contributed by atoms with Gasteiger partial charge in [-0.1, -0.05) is 26.2 Å². The van der Waals surface area contributed by atoms with Crippen molar-refractivity contribution in [1.82, 2.24) is 5.32 Å². The monoisotopic (exact) mass is 227 g/mol. The first-order valence-electron chi connectivity index (χ1n) is 6.55. The Kier molecular flexibility index (Phi) is 5.81. The molecule has 16 heavy (non-hydrogen) atoms. The molecule has 94 valence electrons. The lowest BCUT2D eigenvalue weighted by molar-refractivity contribution is -0.141. The van der Waals surface area contributed by atoms with Crippen LogP contribution in [0.1, 0.15) is 52.4 Å². The molecule has 1 fully saturated rings. The summed E-state index contributed by atoms with van der Waals surface area (Å²) in [6, 6.07) is 0.528. The molecule has 2 unspecified atom stereocenters. The maximum atomic E-state index is 10.6. The zero-order valence-electron chi connectivity index (χ0n) is 10.5. The minimum Gasteiger partial charge on any atom is -0.481 e. The van der Waals surface area contributed by atoms with E-state index in [1.54, 1.807) is 6.92 Å². The number of carboxylic acid groups (broad SMARTS) is 1. The number of carboxylic acids is 1. The van der Waals surface area contributed by atoms with Gasteiger partial charge in [-0.2, -0.15) is 0 Å². The van der Waals surface area contributed by atoms with Gasteiger partial charge in [-0.25, -0.2) is 0 Å². The molecule has 0 aromatic carbocycles. The lowest BCUT2D eigenvalue weighted by Gasteiger charge is -2.14. The highest BCUT2D eigenvalue weighted by molar-refractivity contribution is 5.69. The number of nitrogens with one attached hydrogen (secondary N) is 1. The van der Waals surface area contributed by atoms with Gasteiger partial charge >= 0.3 is 5.97 Å². The number of aliphatic carboxylic acids is 1. The predicted molar refractivity (Wildman–Crippen MR) is 65.5 cm³/mol. The van der Waals surface area contributed by atoms with Gasteiger partial charge in [0, 0.05) is 6.04 Å². The fraction of sp³-hybridized carbons (Fsp3) is 0.923. The third-order valence-corrected chi connectivity index (χ3v) is 3.44.